The Balaban J connectivity index is 1.87. The molecule has 0 atom stereocenters. The summed E-state index contributed by atoms with van der Waals surface area (Å²) < 4.78 is 12.7. The van der Waals surface area contributed by atoms with Gasteiger partial charge in [-0.25, -0.2) is 4.39 Å². The molecule has 2 amide bonds. The van der Waals surface area contributed by atoms with Crippen molar-refractivity contribution < 1.29 is 14.0 Å². The van der Waals surface area contributed by atoms with E-state index in [1.165, 1.54) is 42.5 Å². The van der Waals surface area contributed by atoms with Crippen LogP contribution in [0, 0.1) is 5.82 Å². The molecule has 2 N–H and O–H groups in total. The van der Waals surface area contributed by atoms with E-state index in [9.17, 15) is 14.0 Å². The zero-order chi connectivity index (χ0) is 15.9. The third-order valence-corrected chi connectivity index (χ3v) is 2.92. The van der Waals surface area contributed by atoms with Crippen molar-refractivity contribution in [1.29, 1.82) is 0 Å². The molecule has 0 aliphatic heterocycles. The van der Waals surface area contributed by atoms with Gasteiger partial charge in [0.1, 0.15) is 5.82 Å². The van der Waals surface area contributed by atoms with Crippen LogP contribution < -0.4 is 10.9 Å². The lowest BCUT2D eigenvalue weighted by atomic mass is 10.2. The zero-order valence-corrected chi connectivity index (χ0v) is 12.1. The molecule has 0 radical (unpaired) electrons. The predicted octanol–water partition coefficient (Wildman–Crippen LogP) is 2.95. The van der Waals surface area contributed by atoms with Crippen molar-refractivity contribution in [3.8, 4) is 0 Å². The van der Waals surface area contributed by atoms with Gasteiger partial charge in [-0.3, -0.25) is 20.4 Å². The number of hydrogen-bond donors (Lipinski definition) is 2. The summed E-state index contributed by atoms with van der Waals surface area (Å²) in [5, 5.41) is 0.426. The summed E-state index contributed by atoms with van der Waals surface area (Å²) in [7, 11) is 0. The average molecular weight is 319 g/mol. The molecule has 0 fully saturated rings. The first-order valence-corrected chi connectivity index (χ1v) is 6.72. The molecule has 0 aromatic heterocycles. The second-order valence-electron chi connectivity index (χ2n) is 4.34. The summed E-state index contributed by atoms with van der Waals surface area (Å²) in [6.45, 7) is 0. The molecule has 22 heavy (non-hydrogen) atoms. The van der Waals surface area contributed by atoms with Crippen LogP contribution in [0.3, 0.4) is 0 Å². The van der Waals surface area contributed by atoms with Gasteiger partial charge < -0.3 is 0 Å². The number of hydrogen-bond acceptors (Lipinski definition) is 2. The first-order valence-electron chi connectivity index (χ1n) is 6.34. The molecule has 2 aromatic rings. The van der Waals surface area contributed by atoms with Gasteiger partial charge in [-0.15, -0.1) is 0 Å². The van der Waals surface area contributed by atoms with Gasteiger partial charge in [0, 0.05) is 16.7 Å². The number of rotatable bonds is 3. The SMILES string of the molecule is O=C(/C=C/c1ccc(F)cc1)NNC(=O)c1cccc(Cl)c1. The molecule has 0 unspecified atom stereocenters. The molecule has 6 heteroatoms. The second kappa shape index (κ2) is 7.38. The summed E-state index contributed by atoms with van der Waals surface area (Å²) in [6, 6.07) is 12.0. The fourth-order valence-corrected chi connectivity index (χ4v) is 1.80. The van der Waals surface area contributed by atoms with E-state index in [0.29, 0.717) is 16.1 Å². The molecule has 112 valence electrons. The summed E-state index contributed by atoms with van der Waals surface area (Å²) in [6.07, 6.45) is 2.73. The van der Waals surface area contributed by atoms with Gasteiger partial charge in [-0.05, 0) is 42.0 Å². The van der Waals surface area contributed by atoms with E-state index in [1.54, 1.807) is 18.2 Å². The Bertz CT molecular complexity index is 714. The van der Waals surface area contributed by atoms with Crippen molar-refractivity contribution in [2.45, 2.75) is 0 Å². The predicted molar refractivity (Wildman–Crippen MR) is 82.5 cm³/mol. The van der Waals surface area contributed by atoms with Crippen LogP contribution in [0.15, 0.2) is 54.6 Å². The van der Waals surface area contributed by atoms with Crippen molar-refractivity contribution in [2.24, 2.45) is 0 Å². The number of hydrazine groups is 1. The number of amides is 2. The lowest BCUT2D eigenvalue weighted by Crippen LogP contribution is -2.40. The molecule has 0 spiro atoms. The molecular formula is C16H12ClFN2O2. The van der Waals surface area contributed by atoms with Crippen LogP contribution in [0.2, 0.25) is 5.02 Å². The van der Waals surface area contributed by atoms with Gasteiger partial charge in [0.15, 0.2) is 0 Å². The Hall–Kier alpha value is -2.66. The smallest absolute Gasteiger partial charge is 0.268 e. The monoisotopic (exact) mass is 318 g/mol. The molecule has 2 aromatic carbocycles. The molecule has 0 heterocycles. The van der Waals surface area contributed by atoms with Gasteiger partial charge in [0.2, 0.25) is 0 Å². The van der Waals surface area contributed by atoms with Gasteiger partial charge in [0.05, 0.1) is 0 Å². The first kappa shape index (κ1) is 15.7. The lowest BCUT2D eigenvalue weighted by Gasteiger charge is -2.05. The van der Waals surface area contributed by atoms with Crippen molar-refractivity contribution in [3.05, 3.63) is 76.6 Å². The molecule has 0 saturated carbocycles. The lowest BCUT2D eigenvalue weighted by molar-refractivity contribution is -0.117. The van der Waals surface area contributed by atoms with Crippen molar-refractivity contribution in [2.75, 3.05) is 0 Å². The Morgan fingerprint density at radius 1 is 1.05 bits per heavy atom. The maximum atomic E-state index is 12.7. The number of nitrogens with one attached hydrogen (secondary N) is 2. The fraction of sp³-hybridized carbons (Fsp3) is 0. The van der Waals surface area contributed by atoms with Crippen LogP contribution in [0.5, 0.6) is 0 Å². The van der Waals surface area contributed by atoms with E-state index in [-0.39, 0.29) is 5.82 Å². The quantitative estimate of drug-likeness (QED) is 0.675. The average Bonchev–Trinajstić information content (AvgIpc) is 2.52. The van der Waals surface area contributed by atoms with Crippen LogP contribution in [0.4, 0.5) is 4.39 Å². The number of carbonyl (C=O) groups excluding carboxylic acids is 2. The van der Waals surface area contributed by atoms with Gasteiger partial charge in [-0.1, -0.05) is 29.8 Å². The van der Waals surface area contributed by atoms with E-state index < -0.39 is 11.8 Å². The minimum Gasteiger partial charge on any atom is -0.268 e. The second-order valence-corrected chi connectivity index (χ2v) is 4.78. The van der Waals surface area contributed by atoms with Gasteiger partial charge in [-0.2, -0.15) is 0 Å². The Morgan fingerprint density at radius 3 is 2.45 bits per heavy atom. The van der Waals surface area contributed by atoms with Crippen LogP contribution in [-0.4, -0.2) is 11.8 Å². The van der Waals surface area contributed by atoms with Crippen LogP contribution in [-0.2, 0) is 4.79 Å². The van der Waals surface area contributed by atoms with Gasteiger partial charge in [0.25, 0.3) is 11.8 Å². The summed E-state index contributed by atoms with van der Waals surface area (Å²) >= 11 is 5.78. The highest BCUT2D eigenvalue weighted by Gasteiger charge is 2.06. The molecule has 4 nitrogen and oxygen atoms in total. The topological polar surface area (TPSA) is 58.2 Å². The number of benzene rings is 2. The molecule has 0 aliphatic rings. The largest absolute Gasteiger partial charge is 0.269 e. The van der Waals surface area contributed by atoms with E-state index in [4.69, 9.17) is 11.6 Å². The third kappa shape index (κ3) is 4.71. The fourth-order valence-electron chi connectivity index (χ4n) is 1.61. The van der Waals surface area contributed by atoms with Crippen LogP contribution in [0.1, 0.15) is 15.9 Å². The normalized spacial score (nSPS) is 10.5. The molecular weight excluding hydrogens is 307 g/mol. The summed E-state index contributed by atoms with van der Waals surface area (Å²) in [5.74, 6) is -1.35. The Labute approximate surface area is 131 Å². The van der Waals surface area contributed by atoms with Crippen molar-refractivity contribution >= 4 is 29.5 Å². The maximum Gasteiger partial charge on any atom is 0.269 e. The van der Waals surface area contributed by atoms with Crippen LogP contribution >= 0.6 is 11.6 Å². The highest BCUT2D eigenvalue weighted by atomic mass is 35.5. The molecule has 0 bridgehead atoms. The maximum absolute atomic E-state index is 12.7. The van der Waals surface area contributed by atoms with E-state index in [2.05, 4.69) is 10.9 Å². The first-order chi connectivity index (χ1) is 10.5. The standard InChI is InChI=1S/C16H12ClFN2O2/c17-13-3-1-2-12(10-13)16(22)20-19-15(21)9-6-11-4-7-14(18)8-5-11/h1-10H,(H,19,21)(H,20,22)/b9-6+. The van der Waals surface area contributed by atoms with E-state index >= 15 is 0 Å². The van der Waals surface area contributed by atoms with E-state index in [1.807, 2.05) is 0 Å². The molecule has 2 rings (SSSR count). The zero-order valence-electron chi connectivity index (χ0n) is 11.3. The summed E-state index contributed by atoms with van der Waals surface area (Å²) in [5.41, 5.74) is 5.50. The summed E-state index contributed by atoms with van der Waals surface area (Å²) in [4.78, 5) is 23.3. The molecule has 0 aliphatic carbocycles. The number of carbonyl (C=O) groups is 2. The number of halogens is 2. The van der Waals surface area contributed by atoms with E-state index in [0.717, 1.165) is 0 Å². The highest BCUT2D eigenvalue weighted by Crippen LogP contribution is 2.10. The third-order valence-electron chi connectivity index (χ3n) is 2.68. The minimum atomic E-state index is -0.514. The van der Waals surface area contributed by atoms with Crippen molar-refractivity contribution in [3.63, 3.8) is 0 Å². The van der Waals surface area contributed by atoms with Gasteiger partial charge >= 0.3 is 0 Å². The minimum absolute atomic E-state index is 0.329. The highest BCUT2D eigenvalue weighted by molar-refractivity contribution is 6.30. The van der Waals surface area contributed by atoms with Crippen LogP contribution in [0.25, 0.3) is 6.08 Å². The Kier molecular flexibility index (Phi) is 5.27. The Morgan fingerprint density at radius 2 is 1.77 bits per heavy atom. The molecule has 0 saturated heterocycles. The van der Waals surface area contributed by atoms with Crippen molar-refractivity contribution in [1.82, 2.24) is 10.9 Å².